The fraction of sp³-hybridized carbons (Fsp3) is 0. The van der Waals surface area contributed by atoms with Crippen LogP contribution in [0.15, 0.2) is 35.5 Å². The van der Waals surface area contributed by atoms with E-state index in [0.717, 1.165) is 6.08 Å². The van der Waals surface area contributed by atoms with Crippen LogP contribution >= 0.6 is 0 Å². The highest BCUT2D eigenvalue weighted by molar-refractivity contribution is 6.06. The SMILES string of the molecule is C=CC(=O)[N]C(=O)c1ccco1. The average Bonchev–Trinajstić information content (AvgIpc) is 2.56. The second-order valence-corrected chi connectivity index (χ2v) is 1.94. The minimum absolute atomic E-state index is 0.0465. The van der Waals surface area contributed by atoms with E-state index in [0.29, 0.717) is 0 Å². The van der Waals surface area contributed by atoms with Crippen molar-refractivity contribution in [2.75, 3.05) is 0 Å². The van der Waals surface area contributed by atoms with Gasteiger partial charge in [0.2, 0.25) is 0 Å². The van der Waals surface area contributed by atoms with E-state index in [4.69, 9.17) is 4.42 Å². The molecule has 0 spiro atoms. The van der Waals surface area contributed by atoms with Gasteiger partial charge in [-0.25, -0.2) is 0 Å². The smallest absolute Gasteiger partial charge is 0.316 e. The van der Waals surface area contributed by atoms with Gasteiger partial charge in [-0.1, -0.05) is 6.58 Å². The highest BCUT2D eigenvalue weighted by Crippen LogP contribution is 1.99. The predicted octanol–water partition coefficient (Wildman–Crippen LogP) is 0.737. The second kappa shape index (κ2) is 3.52. The Kier molecular flexibility index (Phi) is 2.42. The molecule has 0 atom stereocenters. The molecule has 0 aromatic carbocycles. The van der Waals surface area contributed by atoms with Gasteiger partial charge in [0.15, 0.2) is 5.76 Å². The van der Waals surface area contributed by atoms with Crippen molar-refractivity contribution in [3.8, 4) is 0 Å². The lowest BCUT2D eigenvalue weighted by atomic mass is 10.4. The van der Waals surface area contributed by atoms with E-state index in [1.807, 2.05) is 0 Å². The quantitative estimate of drug-likeness (QED) is 0.605. The largest absolute Gasteiger partial charge is 0.459 e. The molecule has 61 valence electrons. The molecule has 0 bridgehead atoms. The Balaban J connectivity index is 2.62. The van der Waals surface area contributed by atoms with E-state index in [1.165, 1.54) is 12.3 Å². The molecule has 1 aromatic rings. The van der Waals surface area contributed by atoms with Gasteiger partial charge >= 0.3 is 5.91 Å². The second-order valence-electron chi connectivity index (χ2n) is 1.94. The van der Waals surface area contributed by atoms with Gasteiger partial charge in [-0.2, -0.15) is 5.32 Å². The maximum Gasteiger partial charge on any atom is 0.316 e. The molecule has 0 aliphatic rings. The van der Waals surface area contributed by atoms with Crippen LogP contribution in [-0.2, 0) is 4.79 Å². The first kappa shape index (κ1) is 8.26. The lowest BCUT2D eigenvalue weighted by Crippen LogP contribution is -2.20. The summed E-state index contributed by atoms with van der Waals surface area (Å²) < 4.78 is 4.71. The monoisotopic (exact) mass is 164 g/mol. The highest BCUT2D eigenvalue weighted by atomic mass is 16.3. The van der Waals surface area contributed by atoms with Crippen molar-refractivity contribution < 1.29 is 14.0 Å². The summed E-state index contributed by atoms with van der Waals surface area (Å²) in [5.41, 5.74) is 0. The van der Waals surface area contributed by atoms with Gasteiger partial charge in [-0.3, -0.25) is 9.59 Å². The van der Waals surface area contributed by atoms with Crippen molar-refractivity contribution in [2.24, 2.45) is 0 Å². The van der Waals surface area contributed by atoms with Gasteiger partial charge in [0.1, 0.15) is 0 Å². The lowest BCUT2D eigenvalue weighted by Gasteiger charge is -1.91. The molecule has 0 N–H and O–H groups in total. The van der Waals surface area contributed by atoms with Crippen molar-refractivity contribution in [1.29, 1.82) is 0 Å². The molecular weight excluding hydrogens is 158 g/mol. The maximum absolute atomic E-state index is 10.9. The van der Waals surface area contributed by atoms with Gasteiger partial charge < -0.3 is 4.42 Å². The number of furan rings is 1. The standard InChI is InChI=1S/C8H6NO3/c1-2-7(10)9-8(11)6-4-3-5-12-6/h2-5H,1H2. The van der Waals surface area contributed by atoms with Crippen LogP contribution in [0.25, 0.3) is 0 Å². The Morgan fingerprint density at radius 2 is 2.33 bits per heavy atom. The number of nitrogens with zero attached hydrogens (tertiary/aromatic N) is 1. The Morgan fingerprint density at radius 3 is 2.83 bits per heavy atom. The Hall–Kier alpha value is -1.84. The average molecular weight is 164 g/mol. The molecule has 1 aromatic heterocycles. The predicted molar refractivity (Wildman–Crippen MR) is 40.4 cm³/mol. The lowest BCUT2D eigenvalue weighted by molar-refractivity contribution is -0.115. The van der Waals surface area contributed by atoms with Crippen molar-refractivity contribution in [3.63, 3.8) is 0 Å². The molecule has 4 heteroatoms. The number of rotatable bonds is 2. The number of imide groups is 1. The molecule has 1 radical (unpaired) electrons. The first-order valence-electron chi connectivity index (χ1n) is 3.20. The summed E-state index contributed by atoms with van der Waals surface area (Å²) in [6, 6.07) is 2.98. The summed E-state index contributed by atoms with van der Waals surface area (Å²) in [7, 11) is 0. The maximum atomic E-state index is 10.9. The van der Waals surface area contributed by atoms with Gasteiger partial charge in [0, 0.05) is 0 Å². The summed E-state index contributed by atoms with van der Waals surface area (Å²) in [6.45, 7) is 3.17. The highest BCUT2D eigenvalue weighted by Gasteiger charge is 2.12. The van der Waals surface area contributed by atoms with Crippen LogP contribution in [0, 0.1) is 0 Å². The number of amides is 2. The first-order valence-corrected chi connectivity index (χ1v) is 3.20. The number of hydrogen-bond donors (Lipinski definition) is 0. The van der Waals surface area contributed by atoms with E-state index in [9.17, 15) is 9.59 Å². The van der Waals surface area contributed by atoms with Crippen LogP contribution in [0.4, 0.5) is 0 Å². The zero-order chi connectivity index (χ0) is 8.97. The van der Waals surface area contributed by atoms with Gasteiger partial charge in [0.05, 0.1) is 6.26 Å². The summed E-state index contributed by atoms with van der Waals surface area (Å²) in [6.07, 6.45) is 2.29. The third-order valence-corrected chi connectivity index (χ3v) is 1.12. The van der Waals surface area contributed by atoms with Crippen LogP contribution in [0.3, 0.4) is 0 Å². The summed E-state index contributed by atoms with van der Waals surface area (Å²) in [5.74, 6) is -1.31. The van der Waals surface area contributed by atoms with Crippen LogP contribution in [-0.4, -0.2) is 11.8 Å². The van der Waals surface area contributed by atoms with Crippen molar-refractivity contribution in [1.82, 2.24) is 5.32 Å². The third kappa shape index (κ3) is 1.82. The first-order chi connectivity index (χ1) is 5.74. The van der Waals surface area contributed by atoms with E-state index < -0.39 is 11.8 Å². The fourth-order valence-corrected chi connectivity index (χ4v) is 0.601. The molecule has 4 nitrogen and oxygen atoms in total. The summed E-state index contributed by atoms with van der Waals surface area (Å²) in [4.78, 5) is 21.5. The number of carbonyl (C=O) groups is 2. The number of carbonyl (C=O) groups excluding carboxylic acids is 2. The Morgan fingerprint density at radius 1 is 1.58 bits per heavy atom. The van der Waals surface area contributed by atoms with Crippen LogP contribution in [0.2, 0.25) is 0 Å². The zero-order valence-electron chi connectivity index (χ0n) is 6.19. The molecular formula is C8H6NO3. The minimum atomic E-state index is -0.690. The summed E-state index contributed by atoms with van der Waals surface area (Å²) >= 11 is 0. The Bertz CT molecular complexity index is 300. The molecule has 0 aliphatic carbocycles. The molecule has 2 amide bonds. The molecule has 1 rings (SSSR count). The third-order valence-electron chi connectivity index (χ3n) is 1.12. The van der Waals surface area contributed by atoms with Crippen molar-refractivity contribution in [2.45, 2.75) is 0 Å². The number of hydrogen-bond acceptors (Lipinski definition) is 3. The molecule has 0 unspecified atom stereocenters. The topological polar surface area (TPSA) is 61.4 Å². The summed E-state index contributed by atoms with van der Waals surface area (Å²) in [5, 5.41) is 3.15. The molecule has 0 saturated heterocycles. The Labute approximate surface area is 68.9 Å². The fourth-order valence-electron chi connectivity index (χ4n) is 0.601. The van der Waals surface area contributed by atoms with Gasteiger partial charge in [-0.05, 0) is 18.2 Å². The van der Waals surface area contributed by atoms with E-state index in [2.05, 4.69) is 11.9 Å². The minimum Gasteiger partial charge on any atom is -0.459 e. The molecule has 12 heavy (non-hydrogen) atoms. The van der Waals surface area contributed by atoms with Crippen molar-refractivity contribution >= 4 is 11.8 Å². The van der Waals surface area contributed by atoms with E-state index in [1.54, 1.807) is 6.07 Å². The van der Waals surface area contributed by atoms with Gasteiger partial charge in [-0.15, -0.1) is 0 Å². The van der Waals surface area contributed by atoms with Crippen LogP contribution in [0.5, 0.6) is 0 Å². The normalized spacial score (nSPS) is 9.00. The van der Waals surface area contributed by atoms with E-state index in [-0.39, 0.29) is 5.76 Å². The van der Waals surface area contributed by atoms with Crippen molar-refractivity contribution in [3.05, 3.63) is 36.8 Å². The molecule has 0 saturated carbocycles. The zero-order valence-corrected chi connectivity index (χ0v) is 6.19. The van der Waals surface area contributed by atoms with Gasteiger partial charge in [0.25, 0.3) is 5.91 Å². The molecule has 0 fully saturated rings. The molecule has 1 heterocycles. The van der Waals surface area contributed by atoms with Crippen LogP contribution < -0.4 is 5.32 Å². The van der Waals surface area contributed by atoms with Crippen LogP contribution in [0.1, 0.15) is 10.6 Å². The van der Waals surface area contributed by atoms with E-state index >= 15 is 0 Å². The molecule has 0 aliphatic heterocycles.